The Bertz CT molecular complexity index is 1390. The Morgan fingerprint density at radius 2 is 1.95 bits per heavy atom. The van der Waals surface area contributed by atoms with Crippen LogP contribution >= 0.6 is 11.5 Å². The zero-order chi connectivity index (χ0) is 27.7. The third-order valence-corrected chi connectivity index (χ3v) is 8.25. The van der Waals surface area contributed by atoms with E-state index in [1.807, 2.05) is 30.3 Å². The molecule has 0 unspecified atom stereocenters. The van der Waals surface area contributed by atoms with E-state index < -0.39 is 38.2 Å². The second kappa shape index (κ2) is 11.0. The van der Waals surface area contributed by atoms with Crippen LogP contribution in [-0.2, 0) is 21.3 Å². The number of anilines is 2. The van der Waals surface area contributed by atoms with Gasteiger partial charge in [0.1, 0.15) is 11.4 Å². The first-order valence-corrected chi connectivity index (χ1v) is 14.3. The molecule has 4 rings (SSSR count). The van der Waals surface area contributed by atoms with Crippen LogP contribution in [0, 0.1) is 18.6 Å². The molecule has 0 bridgehead atoms. The van der Waals surface area contributed by atoms with Crippen LogP contribution in [0.5, 0.6) is 0 Å². The average molecular weight is 565 g/mol. The maximum Gasteiger partial charge on any atom is 0.430 e. The van der Waals surface area contributed by atoms with Gasteiger partial charge in [0.05, 0.1) is 0 Å². The van der Waals surface area contributed by atoms with E-state index in [0.29, 0.717) is 6.54 Å². The minimum Gasteiger partial charge on any atom is -0.443 e. The van der Waals surface area contributed by atoms with E-state index in [1.54, 1.807) is 20.8 Å². The lowest BCUT2D eigenvalue weighted by Gasteiger charge is -2.26. The van der Waals surface area contributed by atoms with Crippen molar-refractivity contribution in [3.63, 3.8) is 0 Å². The van der Waals surface area contributed by atoms with Crippen molar-refractivity contribution in [3.8, 4) is 0 Å². The fourth-order valence-electron chi connectivity index (χ4n) is 4.26. The molecule has 38 heavy (non-hydrogen) atoms. The van der Waals surface area contributed by atoms with Gasteiger partial charge in [0.15, 0.2) is 16.5 Å². The summed E-state index contributed by atoms with van der Waals surface area (Å²) in [6.45, 7) is 8.24. The largest absolute Gasteiger partial charge is 0.443 e. The van der Waals surface area contributed by atoms with Gasteiger partial charge in [0, 0.05) is 42.3 Å². The molecule has 12 heteroatoms. The van der Waals surface area contributed by atoms with Crippen LogP contribution in [0.1, 0.15) is 38.3 Å². The fourth-order valence-corrected chi connectivity index (χ4v) is 6.25. The van der Waals surface area contributed by atoms with Gasteiger partial charge in [-0.3, -0.25) is 4.90 Å². The number of benzene rings is 2. The number of sulfonamides is 1. The second-order valence-corrected chi connectivity index (χ2v) is 12.5. The van der Waals surface area contributed by atoms with Crippen LogP contribution < -0.4 is 9.62 Å². The number of rotatable bonds is 7. The van der Waals surface area contributed by atoms with Crippen LogP contribution in [0.25, 0.3) is 0 Å². The van der Waals surface area contributed by atoms with Crippen LogP contribution in [0.3, 0.4) is 0 Å². The quantitative estimate of drug-likeness (QED) is 0.403. The number of aromatic nitrogens is 1. The molecule has 0 radical (unpaired) electrons. The first kappa shape index (κ1) is 27.9. The average Bonchev–Trinajstić information content (AvgIpc) is 3.49. The van der Waals surface area contributed by atoms with Gasteiger partial charge in [0.25, 0.3) is 10.0 Å². The molecule has 204 valence electrons. The normalized spacial score (nSPS) is 16.4. The highest BCUT2D eigenvalue weighted by Gasteiger charge is 2.40. The standard InChI is InChI=1S/C26H30F2N4O4S2/c1-17-21(29-19-10-12-31(16-19)15-18-8-6-5-7-9-18)14-20(27)24(23(17)28)38(34,35)32(22-11-13-37-30-22)25(33)36-26(2,3)4/h5-9,11,13-14,19,29H,10,12,15-16H2,1-4H3/t19-/m0/s1. The Kier molecular flexibility index (Phi) is 8.05. The van der Waals surface area contributed by atoms with Gasteiger partial charge in [-0.2, -0.15) is 4.37 Å². The lowest BCUT2D eigenvalue weighted by Crippen LogP contribution is -2.42. The van der Waals surface area contributed by atoms with Crippen LogP contribution in [-0.4, -0.2) is 48.5 Å². The molecule has 1 saturated heterocycles. The lowest BCUT2D eigenvalue weighted by molar-refractivity contribution is 0.0608. The molecule has 1 aliphatic heterocycles. The number of carbonyl (C=O) groups is 1. The van der Waals surface area contributed by atoms with E-state index in [2.05, 4.69) is 14.6 Å². The van der Waals surface area contributed by atoms with Crippen molar-refractivity contribution < 1.29 is 26.7 Å². The lowest BCUT2D eigenvalue weighted by atomic mass is 10.1. The summed E-state index contributed by atoms with van der Waals surface area (Å²) in [6.07, 6.45) is -0.558. The van der Waals surface area contributed by atoms with Crippen molar-refractivity contribution >= 4 is 39.2 Å². The van der Waals surface area contributed by atoms with Crippen LogP contribution in [0.15, 0.2) is 52.7 Å². The summed E-state index contributed by atoms with van der Waals surface area (Å²) in [5.41, 5.74) is 0.194. The fraction of sp³-hybridized carbons (Fsp3) is 0.385. The number of amides is 1. The minimum absolute atomic E-state index is 0.0751. The summed E-state index contributed by atoms with van der Waals surface area (Å²) >= 11 is 0.881. The first-order chi connectivity index (χ1) is 17.9. The maximum absolute atomic E-state index is 15.6. The number of hydrogen-bond acceptors (Lipinski definition) is 8. The Balaban J connectivity index is 1.59. The predicted molar refractivity (Wildman–Crippen MR) is 143 cm³/mol. The zero-order valence-corrected chi connectivity index (χ0v) is 23.2. The van der Waals surface area contributed by atoms with Gasteiger partial charge in [-0.25, -0.2) is 22.0 Å². The predicted octanol–water partition coefficient (Wildman–Crippen LogP) is 5.55. The van der Waals surface area contributed by atoms with Crippen molar-refractivity contribution in [1.82, 2.24) is 9.27 Å². The molecule has 0 aliphatic carbocycles. The molecule has 0 spiro atoms. The summed E-state index contributed by atoms with van der Waals surface area (Å²) in [5.74, 6) is -2.92. The number of ether oxygens (including phenoxy) is 1. The number of hydrogen-bond donors (Lipinski definition) is 1. The summed E-state index contributed by atoms with van der Waals surface area (Å²) in [5, 5.41) is 4.60. The molecule has 1 N–H and O–H groups in total. The molecular formula is C26H30F2N4O4S2. The minimum atomic E-state index is -5.05. The molecule has 1 amide bonds. The number of nitrogens with zero attached hydrogens (tertiary/aromatic N) is 3. The van der Waals surface area contributed by atoms with E-state index in [0.717, 1.165) is 37.1 Å². The molecule has 0 saturated carbocycles. The van der Waals surface area contributed by atoms with E-state index in [1.165, 1.54) is 23.9 Å². The molecule has 1 aromatic heterocycles. The smallest absolute Gasteiger partial charge is 0.430 e. The van der Waals surface area contributed by atoms with Crippen molar-refractivity contribution in [2.45, 2.75) is 57.2 Å². The second-order valence-electron chi connectivity index (χ2n) is 10.1. The van der Waals surface area contributed by atoms with Crippen LogP contribution in [0.4, 0.5) is 25.1 Å². The van der Waals surface area contributed by atoms with Gasteiger partial charge < -0.3 is 10.1 Å². The maximum atomic E-state index is 15.6. The summed E-state index contributed by atoms with van der Waals surface area (Å²) in [7, 11) is -5.05. The monoisotopic (exact) mass is 564 g/mol. The van der Waals surface area contributed by atoms with E-state index in [9.17, 15) is 13.2 Å². The Morgan fingerprint density at radius 3 is 2.58 bits per heavy atom. The molecule has 2 aromatic carbocycles. The Morgan fingerprint density at radius 1 is 1.24 bits per heavy atom. The highest BCUT2D eigenvalue weighted by Crippen LogP contribution is 2.34. The van der Waals surface area contributed by atoms with Gasteiger partial charge in [0.2, 0.25) is 0 Å². The molecular weight excluding hydrogens is 534 g/mol. The third-order valence-electron chi connectivity index (χ3n) is 5.99. The molecule has 1 atom stereocenters. The van der Waals surface area contributed by atoms with Crippen LogP contribution in [0.2, 0.25) is 0 Å². The summed E-state index contributed by atoms with van der Waals surface area (Å²) < 4.78 is 67.3. The number of halogens is 2. The molecule has 8 nitrogen and oxygen atoms in total. The molecule has 1 fully saturated rings. The molecule has 3 aromatic rings. The third kappa shape index (κ3) is 6.13. The number of likely N-dealkylation sites (tertiary alicyclic amines) is 1. The van der Waals surface area contributed by atoms with Gasteiger partial charge in [-0.1, -0.05) is 30.3 Å². The topological polar surface area (TPSA) is 91.8 Å². The Labute approximate surface area is 225 Å². The highest BCUT2D eigenvalue weighted by atomic mass is 32.2. The van der Waals surface area contributed by atoms with Crippen molar-refractivity contribution in [2.24, 2.45) is 0 Å². The molecule has 1 aliphatic rings. The SMILES string of the molecule is Cc1c(N[C@H]2CCN(Cc3ccccc3)C2)cc(F)c(S(=O)(=O)N(C(=O)OC(C)(C)C)c2ccsn2)c1F. The van der Waals surface area contributed by atoms with Crippen molar-refractivity contribution in [1.29, 1.82) is 0 Å². The molecule has 2 heterocycles. The van der Waals surface area contributed by atoms with Gasteiger partial charge in [-0.05, 0) is 63.3 Å². The van der Waals surface area contributed by atoms with E-state index in [4.69, 9.17) is 4.74 Å². The van der Waals surface area contributed by atoms with Gasteiger partial charge in [-0.15, -0.1) is 4.31 Å². The number of carbonyl (C=O) groups excluding carboxylic acids is 1. The van der Waals surface area contributed by atoms with E-state index >= 15 is 8.78 Å². The Hall–Kier alpha value is -3.09. The van der Waals surface area contributed by atoms with E-state index in [-0.39, 0.29) is 27.4 Å². The van der Waals surface area contributed by atoms with Crippen molar-refractivity contribution in [2.75, 3.05) is 22.7 Å². The van der Waals surface area contributed by atoms with Gasteiger partial charge >= 0.3 is 6.09 Å². The highest BCUT2D eigenvalue weighted by molar-refractivity contribution is 7.93. The summed E-state index contributed by atoms with van der Waals surface area (Å²) in [6, 6.07) is 12.1. The zero-order valence-electron chi connectivity index (χ0n) is 21.6. The number of nitrogens with one attached hydrogen (secondary N) is 1. The summed E-state index contributed by atoms with van der Waals surface area (Å²) in [4.78, 5) is 13.9. The van der Waals surface area contributed by atoms with Crippen molar-refractivity contribution in [3.05, 3.63) is 70.6 Å². The first-order valence-electron chi connectivity index (χ1n) is 12.1.